The third-order valence-electron chi connectivity index (χ3n) is 5.42. The van der Waals surface area contributed by atoms with Gasteiger partial charge in [-0.15, -0.1) is 0 Å². The van der Waals surface area contributed by atoms with Crippen LogP contribution in [0.3, 0.4) is 0 Å². The first kappa shape index (κ1) is 28.7. The minimum absolute atomic E-state index is 0.0219. The van der Waals surface area contributed by atoms with Crippen LogP contribution in [0.1, 0.15) is 19.4 Å². The van der Waals surface area contributed by atoms with Crippen molar-refractivity contribution in [2.24, 2.45) is 5.92 Å². The molecule has 0 saturated heterocycles. The van der Waals surface area contributed by atoms with E-state index in [4.69, 9.17) is 11.6 Å². The minimum atomic E-state index is -4.69. The van der Waals surface area contributed by atoms with Gasteiger partial charge in [0.15, 0.2) is 17.7 Å². The van der Waals surface area contributed by atoms with Crippen LogP contribution in [0.25, 0.3) is 0 Å². The number of halogens is 5. The molecule has 0 radical (unpaired) electrons. The van der Waals surface area contributed by atoms with Gasteiger partial charge in [-0.05, 0) is 36.8 Å². The highest BCUT2D eigenvalue weighted by atomic mass is 35.5. The lowest BCUT2D eigenvalue weighted by molar-refractivity contribution is -0.189. The van der Waals surface area contributed by atoms with Gasteiger partial charge in [-0.3, -0.25) is 9.36 Å². The van der Waals surface area contributed by atoms with Crippen LogP contribution >= 0.6 is 11.6 Å². The van der Waals surface area contributed by atoms with E-state index in [1.54, 1.807) is 24.3 Å². The Bertz CT molecular complexity index is 1420. The van der Waals surface area contributed by atoms with Gasteiger partial charge in [0.2, 0.25) is 5.95 Å². The molecule has 2 aromatic carbocycles. The Hall–Kier alpha value is -3.87. The summed E-state index contributed by atoms with van der Waals surface area (Å²) in [6.07, 6.45) is -6.94. The predicted octanol–water partition coefficient (Wildman–Crippen LogP) is 4.13. The third-order valence-corrected chi connectivity index (χ3v) is 5.67. The summed E-state index contributed by atoms with van der Waals surface area (Å²) in [4.78, 5) is 41.8. The largest absolute Gasteiger partial charge is 0.478 e. The van der Waals surface area contributed by atoms with Gasteiger partial charge in [-0.2, -0.15) is 18.2 Å². The van der Waals surface area contributed by atoms with Crippen molar-refractivity contribution in [2.45, 2.75) is 39.2 Å². The quantitative estimate of drug-likeness (QED) is 0.311. The van der Waals surface area contributed by atoms with E-state index >= 15 is 0 Å². The number of ether oxygens (including phenoxy) is 2. The van der Waals surface area contributed by atoms with Crippen molar-refractivity contribution in [1.82, 2.24) is 14.1 Å². The number of rotatable bonds is 9. The molecule has 2 atom stereocenters. The molecule has 38 heavy (non-hydrogen) atoms. The number of carbonyl (C=O) groups excluding carboxylic acids is 1. The van der Waals surface area contributed by atoms with Crippen LogP contribution in [0, 0.1) is 11.7 Å². The van der Waals surface area contributed by atoms with E-state index in [0.717, 1.165) is 28.2 Å². The van der Waals surface area contributed by atoms with Crippen LogP contribution in [0.2, 0.25) is 5.02 Å². The number of benzene rings is 2. The predicted molar refractivity (Wildman–Crippen MR) is 130 cm³/mol. The maximum absolute atomic E-state index is 14.5. The van der Waals surface area contributed by atoms with Gasteiger partial charge in [-0.25, -0.2) is 18.5 Å². The number of nitrogens with zero attached hydrogens (tertiary/aromatic N) is 3. The fourth-order valence-corrected chi connectivity index (χ4v) is 3.43. The van der Waals surface area contributed by atoms with Crippen LogP contribution in [-0.4, -0.2) is 39.5 Å². The van der Waals surface area contributed by atoms with E-state index in [0.29, 0.717) is 10.6 Å². The molecule has 204 valence electrons. The zero-order chi connectivity index (χ0) is 28.2. The molecule has 0 aliphatic carbocycles. The topological polar surface area (TPSA) is 104 Å². The van der Waals surface area contributed by atoms with Crippen molar-refractivity contribution >= 4 is 29.2 Å². The van der Waals surface area contributed by atoms with Crippen molar-refractivity contribution in [1.29, 1.82) is 0 Å². The van der Waals surface area contributed by atoms with Gasteiger partial charge in [0.25, 0.3) is 0 Å². The Morgan fingerprint density at radius 2 is 1.76 bits per heavy atom. The first-order valence-electron chi connectivity index (χ1n) is 11.1. The number of hydrogen-bond donors (Lipinski definition) is 1. The summed E-state index contributed by atoms with van der Waals surface area (Å²) in [6.45, 7) is 1.81. The minimum Gasteiger partial charge on any atom is -0.478 e. The third kappa shape index (κ3) is 6.91. The van der Waals surface area contributed by atoms with E-state index < -0.39 is 47.1 Å². The monoisotopic (exact) mass is 558 g/mol. The average Bonchev–Trinajstić information content (AvgIpc) is 2.85. The number of hydrogen-bond acceptors (Lipinski definition) is 7. The Kier molecular flexibility index (Phi) is 8.82. The number of aromatic nitrogens is 3. The molecular weight excluding hydrogens is 536 g/mol. The van der Waals surface area contributed by atoms with Gasteiger partial charge < -0.3 is 14.8 Å². The van der Waals surface area contributed by atoms with E-state index in [9.17, 15) is 31.9 Å². The van der Waals surface area contributed by atoms with Crippen LogP contribution < -0.4 is 21.4 Å². The molecule has 0 saturated carbocycles. The average molecular weight is 559 g/mol. The summed E-state index contributed by atoms with van der Waals surface area (Å²) in [5.74, 6) is -3.50. The molecule has 3 rings (SSSR count). The number of carbonyl (C=O) groups is 1. The smallest absolute Gasteiger partial charge is 0.425 e. The summed E-state index contributed by atoms with van der Waals surface area (Å²) < 4.78 is 64.0. The highest BCUT2D eigenvalue weighted by Gasteiger charge is 2.38. The Balaban J connectivity index is 2.01. The Morgan fingerprint density at radius 1 is 1.11 bits per heavy atom. The SMILES string of the molecule is COC(=O)[C@@H](C)Cn1c(=O)nc(Nc2ccc(OC(C)C(F)(F)F)c(F)c2)n(Cc2ccc(Cl)cc2)c1=O. The zero-order valence-corrected chi connectivity index (χ0v) is 21.1. The fourth-order valence-electron chi connectivity index (χ4n) is 3.31. The molecule has 0 aliphatic rings. The molecule has 0 bridgehead atoms. The lowest BCUT2D eigenvalue weighted by Gasteiger charge is -2.19. The van der Waals surface area contributed by atoms with Gasteiger partial charge in [0.1, 0.15) is 0 Å². The van der Waals surface area contributed by atoms with Gasteiger partial charge >= 0.3 is 23.5 Å². The van der Waals surface area contributed by atoms with Crippen molar-refractivity contribution in [3.63, 3.8) is 0 Å². The second-order valence-corrected chi connectivity index (χ2v) is 8.76. The Morgan fingerprint density at radius 3 is 2.34 bits per heavy atom. The number of alkyl halides is 3. The Labute approximate surface area is 218 Å². The lowest BCUT2D eigenvalue weighted by atomic mass is 10.2. The second-order valence-electron chi connectivity index (χ2n) is 8.32. The van der Waals surface area contributed by atoms with E-state index in [1.165, 1.54) is 20.1 Å². The normalized spacial score (nSPS) is 13.1. The number of nitrogens with one attached hydrogen (secondary N) is 1. The molecule has 1 aromatic heterocycles. The van der Waals surface area contributed by atoms with Gasteiger partial charge in [-0.1, -0.05) is 30.7 Å². The first-order valence-corrected chi connectivity index (χ1v) is 11.5. The maximum atomic E-state index is 14.5. The molecule has 0 amide bonds. The highest BCUT2D eigenvalue weighted by Crippen LogP contribution is 2.28. The maximum Gasteiger partial charge on any atom is 0.425 e. The number of methoxy groups -OCH3 is 1. The van der Waals surface area contributed by atoms with Gasteiger partial charge in [0, 0.05) is 23.3 Å². The van der Waals surface area contributed by atoms with Crippen molar-refractivity contribution < 1.29 is 31.8 Å². The summed E-state index contributed by atoms with van der Waals surface area (Å²) in [5, 5.41) is 3.11. The molecule has 14 heteroatoms. The van der Waals surface area contributed by atoms with Crippen LogP contribution in [0.15, 0.2) is 52.1 Å². The molecule has 1 N–H and O–H groups in total. The molecule has 1 heterocycles. The van der Waals surface area contributed by atoms with Crippen LogP contribution in [0.5, 0.6) is 5.75 Å². The number of esters is 1. The molecule has 0 fully saturated rings. The molecule has 9 nitrogen and oxygen atoms in total. The van der Waals surface area contributed by atoms with Crippen LogP contribution in [-0.2, 0) is 22.6 Å². The summed E-state index contributed by atoms with van der Waals surface area (Å²) in [7, 11) is 1.17. The number of anilines is 2. The summed E-state index contributed by atoms with van der Waals surface area (Å²) >= 11 is 5.92. The molecule has 0 spiro atoms. The van der Waals surface area contributed by atoms with E-state index in [1.807, 2.05) is 0 Å². The van der Waals surface area contributed by atoms with E-state index in [2.05, 4.69) is 19.8 Å². The second kappa shape index (κ2) is 11.7. The van der Waals surface area contributed by atoms with Crippen molar-refractivity contribution in [3.8, 4) is 5.75 Å². The zero-order valence-electron chi connectivity index (χ0n) is 20.4. The first-order chi connectivity index (χ1) is 17.8. The fraction of sp³-hybridized carbons (Fsp3) is 0.333. The van der Waals surface area contributed by atoms with Crippen LogP contribution in [0.4, 0.5) is 29.2 Å². The van der Waals surface area contributed by atoms with Crippen molar-refractivity contribution in [3.05, 3.63) is 79.8 Å². The summed E-state index contributed by atoms with van der Waals surface area (Å²) in [5.41, 5.74) is -1.23. The molecule has 0 aliphatic heterocycles. The summed E-state index contributed by atoms with van der Waals surface area (Å²) in [6, 6.07) is 9.47. The van der Waals surface area contributed by atoms with E-state index in [-0.39, 0.29) is 24.7 Å². The molecule has 1 unspecified atom stereocenters. The molecule has 3 aromatic rings. The molecular formula is C24H23ClF4N4O5. The lowest BCUT2D eigenvalue weighted by Crippen LogP contribution is -2.44. The van der Waals surface area contributed by atoms with Crippen molar-refractivity contribution in [2.75, 3.05) is 12.4 Å². The standard InChI is InChI=1S/C24H23ClF4N4O5/c1-13(20(34)37-3)11-33-22(35)31-21(32(23(33)36)12-15-4-6-16(25)7-5-15)30-17-8-9-19(18(26)10-17)38-14(2)24(27,28)29/h4-10,13-14H,11-12H2,1-3H3,(H,30,31,35)/t13-,14?/m0/s1. The highest BCUT2D eigenvalue weighted by molar-refractivity contribution is 6.30. The van der Waals surface area contributed by atoms with Gasteiger partial charge in [0.05, 0.1) is 19.6 Å².